The third kappa shape index (κ3) is 3.38. The summed E-state index contributed by atoms with van der Waals surface area (Å²) >= 11 is 0. The van der Waals surface area contributed by atoms with Gasteiger partial charge in [-0.15, -0.1) is 0 Å². The zero-order chi connectivity index (χ0) is 12.1. The molecule has 0 heterocycles. The average molecular weight is 221 g/mol. The molecule has 1 atom stereocenters. The van der Waals surface area contributed by atoms with Crippen LogP contribution in [0.5, 0.6) is 5.75 Å². The van der Waals surface area contributed by atoms with Crippen molar-refractivity contribution in [1.29, 1.82) is 0 Å². The second kappa shape index (κ2) is 5.30. The van der Waals surface area contributed by atoms with Crippen molar-refractivity contribution in [3.8, 4) is 5.75 Å². The van der Waals surface area contributed by atoms with Gasteiger partial charge >= 0.3 is 0 Å². The Morgan fingerprint density at radius 1 is 1.44 bits per heavy atom. The number of carbonyl (C=O) groups excluding carboxylic acids is 2. The number of carbonyl (C=O) groups is 2. The van der Waals surface area contributed by atoms with Crippen LogP contribution in [-0.4, -0.2) is 18.3 Å². The molecule has 4 heteroatoms. The summed E-state index contributed by atoms with van der Waals surface area (Å²) in [4.78, 5) is 21.9. The van der Waals surface area contributed by atoms with Crippen LogP contribution in [0.4, 0.5) is 0 Å². The van der Waals surface area contributed by atoms with Gasteiger partial charge in [-0.2, -0.15) is 0 Å². The number of Topliss-reactive ketones (excluding diaryl/α,β-unsaturated/α-hetero) is 1. The number of hydrogen-bond acceptors (Lipinski definition) is 3. The summed E-state index contributed by atoms with van der Waals surface area (Å²) < 4.78 is 5.37. The summed E-state index contributed by atoms with van der Waals surface area (Å²) in [5.74, 6) is -0.196. The van der Waals surface area contributed by atoms with Crippen molar-refractivity contribution in [2.75, 3.05) is 6.61 Å². The number of primary amides is 1. The van der Waals surface area contributed by atoms with Crippen molar-refractivity contribution >= 4 is 11.7 Å². The van der Waals surface area contributed by atoms with Crippen LogP contribution < -0.4 is 10.5 Å². The molecule has 1 amide bonds. The number of rotatable bonds is 5. The molecule has 0 spiro atoms. The van der Waals surface area contributed by atoms with E-state index in [1.807, 2.05) is 0 Å². The number of nitrogens with two attached hydrogens (primary N) is 1. The summed E-state index contributed by atoms with van der Waals surface area (Å²) in [6.45, 7) is 3.40. The Bertz CT molecular complexity index is 401. The smallest absolute Gasteiger partial charge is 0.223 e. The van der Waals surface area contributed by atoms with E-state index in [1.54, 1.807) is 31.2 Å². The highest BCUT2D eigenvalue weighted by atomic mass is 16.5. The molecule has 0 aliphatic rings. The number of amides is 1. The molecule has 86 valence electrons. The quantitative estimate of drug-likeness (QED) is 0.764. The molecule has 0 bridgehead atoms. The van der Waals surface area contributed by atoms with E-state index in [0.29, 0.717) is 11.3 Å². The molecule has 0 saturated carbocycles. The zero-order valence-corrected chi connectivity index (χ0v) is 9.40. The van der Waals surface area contributed by atoms with E-state index in [1.165, 1.54) is 6.92 Å². The first kappa shape index (κ1) is 12.2. The fraction of sp³-hybridized carbons (Fsp3) is 0.333. The lowest BCUT2D eigenvalue weighted by Gasteiger charge is -2.10. The van der Waals surface area contributed by atoms with E-state index in [-0.39, 0.29) is 18.3 Å². The number of benzene rings is 1. The first-order valence-corrected chi connectivity index (χ1v) is 5.04. The van der Waals surface area contributed by atoms with E-state index < -0.39 is 5.91 Å². The molecule has 1 rings (SSSR count). The number of hydrogen-bond donors (Lipinski definition) is 1. The summed E-state index contributed by atoms with van der Waals surface area (Å²) in [7, 11) is 0. The summed E-state index contributed by atoms with van der Waals surface area (Å²) in [6, 6.07) is 6.84. The molecular weight excluding hydrogens is 206 g/mol. The highest BCUT2D eigenvalue weighted by Gasteiger charge is 2.09. The van der Waals surface area contributed by atoms with Gasteiger partial charge in [0.25, 0.3) is 0 Å². The van der Waals surface area contributed by atoms with Crippen LogP contribution >= 0.6 is 0 Å². The molecule has 2 N–H and O–H groups in total. The molecule has 16 heavy (non-hydrogen) atoms. The predicted molar refractivity (Wildman–Crippen MR) is 60.3 cm³/mol. The fourth-order valence-corrected chi connectivity index (χ4v) is 1.11. The van der Waals surface area contributed by atoms with Crippen LogP contribution in [0.2, 0.25) is 0 Å². The molecule has 4 nitrogen and oxygen atoms in total. The molecule has 0 aliphatic carbocycles. The second-order valence-electron chi connectivity index (χ2n) is 3.70. The first-order valence-electron chi connectivity index (χ1n) is 5.04. The third-order valence-corrected chi connectivity index (χ3v) is 2.23. The molecule has 1 aromatic rings. The van der Waals surface area contributed by atoms with Gasteiger partial charge < -0.3 is 10.5 Å². The van der Waals surface area contributed by atoms with Crippen molar-refractivity contribution in [2.24, 2.45) is 11.7 Å². The molecule has 0 aromatic heterocycles. The van der Waals surface area contributed by atoms with Gasteiger partial charge in [0.2, 0.25) is 5.91 Å². The monoisotopic (exact) mass is 221 g/mol. The van der Waals surface area contributed by atoms with Gasteiger partial charge in [-0.3, -0.25) is 9.59 Å². The van der Waals surface area contributed by atoms with Crippen LogP contribution in [-0.2, 0) is 4.79 Å². The predicted octanol–water partition coefficient (Wildman–Crippen LogP) is 1.39. The van der Waals surface area contributed by atoms with E-state index in [2.05, 4.69) is 0 Å². The summed E-state index contributed by atoms with van der Waals surface area (Å²) in [5, 5.41) is 0. The Hall–Kier alpha value is -1.84. The van der Waals surface area contributed by atoms with Gasteiger partial charge in [0, 0.05) is 5.56 Å². The largest absolute Gasteiger partial charge is 0.493 e. The van der Waals surface area contributed by atoms with E-state index in [4.69, 9.17) is 10.5 Å². The highest BCUT2D eigenvalue weighted by molar-refractivity contribution is 5.94. The summed E-state index contributed by atoms with van der Waals surface area (Å²) in [6.07, 6.45) is 0. The third-order valence-electron chi connectivity index (χ3n) is 2.23. The average Bonchev–Trinajstić information content (AvgIpc) is 2.26. The minimum atomic E-state index is -0.400. The molecule has 0 radical (unpaired) electrons. The van der Waals surface area contributed by atoms with Crippen LogP contribution in [0, 0.1) is 5.92 Å². The maximum Gasteiger partial charge on any atom is 0.223 e. The van der Waals surface area contributed by atoms with Crippen LogP contribution in [0.1, 0.15) is 24.2 Å². The van der Waals surface area contributed by atoms with Gasteiger partial charge in [-0.1, -0.05) is 19.1 Å². The van der Waals surface area contributed by atoms with Gasteiger partial charge in [0.15, 0.2) is 5.78 Å². The van der Waals surface area contributed by atoms with Crippen molar-refractivity contribution in [3.63, 3.8) is 0 Å². The molecule has 0 aliphatic heterocycles. The molecular formula is C12H15NO3. The fourth-order valence-electron chi connectivity index (χ4n) is 1.11. The molecule has 0 saturated heterocycles. The lowest BCUT2D eigenvalue weighted by Crippen LogP contribution is -2.25. The van der Waals surface area contributed by atoms with Gasteiger partial charge in [-0.05, 0) is 19.1 Å². The van der Waals surface area contributed by atoms with Crippen molar-refractivity contribution in [2.45, 2.75) is 13.8 Å². The first-order chi connectivity index (χ1) is 7.50. The Kier molecular flexibility index (Phi) is 4.05. The topological polar surface area (TPSA) is 69.4 Å². The van der Waals surface area contributed by atoms with Gasteiger partial charge in [-0.25, -0.2) is 0 Å². The van der Waals surface area contributed by atoms with E-state index in [9.17, 15) is 9.59 Å². The van der Waals surface area contributed by atoms with Crippen molar-refractivity contribution in [1.82, 2.24) is 0 Å². The number of ether oxygens (including phenoxy) is 1. The number of ketones is 1. The zero-order valence-electron chi connectivity index (χ0n) is 9.40. The Morgan fingerprint density at radius 3 is 2.69 bits per heavy atom. The Morgan fingerprint density at radius 2 is 2.12 bits per heavy atom. The lowest BCUT2D eigenvalue weighted by molar-refractivity contribution is -0.122. The molecule has 1 unspecified atom stereocenters. The van der Waals surface area contributed by atoms with Crippen LogP contribution in [0.25, 0.3) is 0 Å². The van der Waals surface area contributed by atoms with Crippen molar-refractivity contribution in [3.05, 3.63) is 29.8 Å². The van der Waals surface area contributed by atoms with Crippen LogP contribution in [0.3, 0.4) is 0 Å². The van der Waals surface area contributed by atoms with Gasteiger partial charge in [0.1, 0.15) is 5.75 Å². The summed E-state index contributed by atoms with van der Waals surface area (Å²) in [5.41, 5.74) is 5.69. The maximum absolute atomic E-state index is 11.1. The minimum absolute atomic E-state index is 0.0200. The second-order valence-corrected chi connectivity index (χ2v) is 3.70. The van der Waals surface area contributed by atoms with Crippen LogP contribution in [0.15, 0.2) is 24.3 Å². The highest BCUT2D eigenvalue weighted by Crippen LogP contribution is 2.14. The SMILES string of the molecule is CC(=O)c1cccc(OCC(C)C(N)=O)c1. The Labute approximate surface area is 94.4 Å². The standard InChI is InChI=1S/C12H15NO3/c1-8(12(13)15)7-16-11-5-3-4-10(6-11)9(2)14/h3-6,8H,7H2,1-2H3,(H2,13,15). The van der Waals surface area contributed by atoms with Gasteiger partial charge in [0.05, 0.1) is 12.5 Å². The lowest BCUT2D eigenvalue weighted by atomic mass is 10.1. The molecule has 1 aromatic carbocycles. The normalized spacial score (nSPS) is 11.9. The van der Waals surface area contributed by atoms with Crippen molar-refractivity contribution < 1.29 is 14.3 Å². The minimum Gasteiger partial charge on any atom is -0.493 e. The Balaban J connectivity index is 2.64. The molecule has 0 fully saturated rings. The van der Waals surface area contributed by atoms with E-state index in [0.717, 1.165) is 0 Å². The van der Waals surface area contributed by atoms with E-state index >= 15 is 0 Å². The maximum atomic E-state index is 11.1.